The van der Waals surface area contributed by atoms with Crippen molar-refractivity contribution in [3.63, 3.8) is 0 Å². The predicted octanol–water partition coefficient (Wildman–Crippen LogP) is 1.58. The molecule has 0 unspecified atom stereocenters. The Morgan fingerprint density at radius 3 is 2.46 bits per heavy atom. The molecule has 0 aromatic heterocycles. The lowest BCUT2D eigenvalue weighted by molar-refractivity contribution is -0.156. The SMILES string of the molecule is CCCN(C)CC1(C(=O)O)CCC1. The maximum atomic E-state index is 11.0. The molecule has 0 aromatic carbocycles. The van der Waals surface area contributed by atoms with Crippen LogP contribution >= 0.6 is 0 Å². The van der Waals surface area contributed by atoms with E-state index in [0.29, 0.717) is 0 Å². The molecule has 1 aliphatic carbocycles. The first kappa shape index (κ1) is 10.5. The molecule has 1 rings (SSSR count). The molecule has 0 bridgehead atoms. The van der Waals surface area contributed by atoms with Crippen molar-refractivity contribution in [2.24, 2.45) is 5.41 Å². The topological polar surface area (TPSA) is 40.5 Å². The van der Waals surface area contributed by atoms with Gasteiger partial charge in [-0.3, -0.25) is 4.79 Å². The number of aliphatic carboxylic acids is 1. The van der Waals surface area contributed by atoms with Gasteiger partial charge in [-0.2, -0.15) is 0 Å². The molecule has 1 fully saturated rings. The molecule has 0 spiro atoms. The molecule has 13 heavy (non-hydrogen) atoms. The largest absolute Gasteiger partial charge is 0.481 e. The van der Waals surface area contributed by atoms with Crippen LogP contribution in [0.5, 0.6) is 0 Å². The Hall–Kier alpha value is -0.570. The van der Waals surface area contributed by atoms with E-state index in [4.69, 9.17) is 5.11 Å². The molecule has 0 atom stereocenters. The Balaban J connectivity index is 2.44. The highest BCUT2D eigenvalue weighted by Crippen LogP contribution is 2.41. The molecule has 3 heteroatoms. The van der Waals surface area contributed by atoms with Gasteiger partial charge in [-0.1, -0.05) is 13.3 Å². The number of carbonyl (C=O) groups is 1. The summed E-state index contributed by atoms with van der Waals surface area (Å²) in [5.74, 6) is -0.610. The Labute approximate surface area is 79.7 Å². The lowest BCUT2D eigenvalue weighted by Crippen LogP contribution is -2.46. The molecular formula is C10H19NO2. The predicted molar refractivity (Wildman–Crippen MR) is 51.7 cm³/mol. The average Bonchev–Trinajstić information content (AvgIpc) is 1.96. The van der Waals surface area contributed by atoms with Crippen LogP contribution in [-0.4, -0.2) is 36.1 Å². The van der Waals surface area contributed by atoms with Gasteiger partial charge in [0.1, 0.15) is 0 Å². The van der Waals surface area contributed by atoms with Crippen molar-refractivity contribution in [3.8, 4) is 0 Å². The minimum atomic E-state index is -0.610. The van der Waals surface area contributed by atoms with Crippen LogP contribution in [0.15, 0.2) is 0 Å². The Bertz CT molecular complexity index is 187. The van der Waals surface area contributed by atoms with Crippen LogP contribution in [0.4, 0.5) is 0 Å². The quantitative estimate of drug-likeness (QED) is 0.707. The standard InChI is InChI=1S/C10H19NO2/c1-3-7-11(2)8-10(9(12)13)5-4-6-10/h3-8H2,1-2H3,(H,12,13). The van der Waals surface area contributed by atoms with E-state index in [1.165, 1.54) is 0 Å². The minimum absolute atomic E-state index is 0.413. The van der Waals surface area contributed by atoms with Gasteiger partial charge < -0.3 is 10.0 Å². The van der Waals surface area contributed by atoms with Crippen LogP contribution in [-0.2, 0) is 4.79 Å². The summed E-state index contributed by atoms with van der Waals surface area (Å²) < 4.78 is 0. The van der Waals surface area contributed by atoms with Crippen LogP contribution in [0.2, 0.25) is 0 Å². The molecule has 1 saturated carbocycles. The van der Waals surface area contributed by atoms with Crippen molar-refractivity contribution in [1.29, 1.82) is 0 Å². The Kier molecular flexibility index (Phi) is 3.31. The van der Waals surface area contributed by atoms with Gasteiger partial charge in [-0.15, -0.1) is 0 Å². The molecule has 0 aromatic rings. The zero-order valence-corrected chi connectivity index (χ0v) is 8.55. The van der Waals surface area contributed by atoms with Crippen LogP contribution in [0, 0.1) is 5.41 Å². The third kappa shape index (κ3) is 2.21. The zero-order valence-electron chi connectivity index (χ0n) is 8.55. The lowest BCUT2D eigenvalue weighted by Gasteiger charge is -2.40. The first-order chi connectivity index (χ1) is 6.10. The Morgan fingerprint density at radius 1 is 1.54 bits per heavy atom. The third-order valence-electron chi connectivity index (χ3n) is 2.94. The number of nitrogens with zero attached hydrogens (tertiary/aromatic N) is 1. The molecular weight excluding hydrogens is 166 g/mol. The van der Waals surface area contributed by atoms with E-state index in [9.17, 15) is 4.79 Å². The summed E-state index contributed by atoms with van der Waals surface area (Å²) in [4.78, 5) is 13.1. The summed E-state index contributed by atoms with van der Waals surface area (Å²) in [7, 11) is 2.01. The first-order valence-corrected chi connectivity index (χ1v) is 5.03. The van der Waals surface area contributed by atoms with E-state index in [1.807, 2.05) is 7.05 Å². The monoisotopic (exact) mass is 185 g/mol. The van der Waals surface area contributed by atoms with E-state index < -0.39 is 11.4 Å². The summed E-state index contributed by atoms with van der Waals surface area (Å²) in [5.41, 5.74) is -0.413. The summed E-state index contributed by atoms with van der Waals surface area (Å²) in [6.45, 7) is 3.83. The van der Waals surface area contributed by atoms with E-state index >= 15 is 0 Å². The summed E-state index contributed by atoms with van der Waals surface area (Å²) in [6, 6.07) is 0. The average molecular weight is 185 g/mol. The fourth-order valence-electron chi connectivity index (χ4n) is 2.02. The maximum absolute atomic E-state index is 11.0. The van der Waals surface area contributed by atoms with E-state index in [2.05, 4.69) is 11.8 Å². The number of carboxylic acids is 1. The van der Waals surface area contributed by atoms with Crippen molar-refractivity contribution < 1.29 is 9.90 Å². The van der Waals surface area contributed by atoms with Gasteiger partial charge in [0.15, 0.2) is 0 Å². The smallest absolute Gasteiger partial charge is 0.310 e. The van der Waals surface area contributed by atoms with Gasteiger partial charge in [0.2, 0.25) is 0 Å². The van der Waals surface area contributed by atoms with Gasteiger partial charge in [-0.05, 0) is 32.9 Å². The van der Waals surface area contributed by atoms with Gasteiger partial charge in [-0.25, -0.2) is 0 Å². The molecule has 1 aliphatic rings. The molecule has 0 aliphatic heterocycles. The first-order valence-electron chi connectivity index (χ1n) is 5.03. The molecule has 0 radical (unpaired) electrons. The number of carboxylic acid groups (broad SMARTS) is 1. The van der Waals surface area contributed by atoms with Gasteiger partial charge in [0.25, 0.3) is 0 Å². The minimum Gasteiger partial charge on any atom is -0.481 e. The number of rotatable bonds is 5. The van der Waals surface area contributed by atoms with Crippen LogP contribution in [0.1, 0.15) is 32.6 Å². The summed E-state index contributed by atoms with van der Waals surface area (Å²) >= 11 is 0. The van der Waals surface area contributed by atoms with E-state index in [-0.39, 0.29) is 0 Å². The second kappa shape index (κ2) is 4.09. The molecule has 0 saturated heterocycles. The highest BCUT2D eigenvalue weighted by Gasteiger charge is 2.44. The van der Waals surface area contributed by atoms with Crippen LogP contribution in [0.25, 0.3) is 0 Å². The molecule has 3 nitrogen and oxygen atoms in total. The molecule has 76 valence electrons. The third-order valence-corrected chi connectivity index (χ3v) is 2.94. The lowest BCUT2D eigenvalue weighted by atomic mass is 9.68. The van der Waals surface area contributed by atoms with Crippen molar-refractivity contribution in [1.82, 2.24) is 4.90 Å². The maximum Gasteiger partial charge on any atom is 0.310 e. The van der Waals surface area contributed by atoms with Gasteiger partial charge in [0.05, 0.1) is 5.41 Å². The van der Waals surface area contributed by atoms with Gasteiger partial charge in [0, 0.05) is 6.54 Å². The highest BCUT2D eigenvalue weighted by molar-refractivity contribution is 5.76. The summed E-state index contributed by atoms with van der Waals surface area (Å²) in [5, 5.41) is 9.07. The fourth-order valence-corrected chi connectivity index (χ4v) is 2.02. The second-order valence-electron chi connectivity index (χ2n) is 4.18. The van der Waals surface area contributed by atoms with Crippen LogP contribution in [0.3, 0.4) is 0 Å². The molecule has 0 amide bonds. The summed E-state index contributed by atoms with van der Waals surface area (Å²) in [6.07, 6.45) is 3.88. The number of hydrogen-bond acceptors (Lipinski definition) is 2. The van der Waals surface area contributed by atoms with Crippen LogP contribution < -0.4 is 0 Å². The van der Waals surface area contributed by atoms with E-state index in [1.54, 1.807) is 0 Å². The zero-order chi connectivity index (χ0) is 9.90. The van der Waals surface area contributed by atoms with Crippen molar-refractivity contribution in [2.75, 3.05) is 20.1 Å². The van der Waals surface area contributed by atoms with Gasteiger partial charge >= 0.3 is 5.97 Å². The Morgan fingerprint density at radius 2 is 2.15 bits per heavy atom. The number of hydrogen-bond donors (Lipinski definition) is 1. The molecule has 0 heterocycles. The van der Waals surface area contributed by atoms with Crippen molar-refractivity contribution in [3.05, 3.63) is 0 Å². The van der Waals surface area contributed by atoms with Crippen molar-refractivity contribution >= 4 is 5.97 Å². The van der Waals surface area contributed by atoms with E-state index in [0.717, 1.165) is 38.8 Å². The molecule has 1 N–H and O–H groups in total. The van der Waals surface area contributed by atoms with Crippen molar-refractivity contribution in [2.45, 2.75) is 32.6 Å². The second-order valence-corrected chi connectivity index (χ2v) is 4.18. The fraction of sp³-hybridized carbons (Fsp3) is 0.900. The normalized spacial score (nSPS) is 19.9. The highest BCUT2D eigenvalue weighted by atomic mass is 16.4.